The average Bonchev–Trinajstić information content (AvgIpc) is 2.80. The molecule has 19 heavy (non-hydrogen) atoms. The van der Waals surface area contributed by atoms with E-state index in [-0.39, 0.29) is 12.1 Å². The predicted octanol–water partition coefficient (Wildman–Crippen LogP) is 1.12. The first-order valence-corrected chi connectivity index (χ1v) is 6.97. The minimum absolute atomic E-state index is 0.0556. The number of aromatic nitrogens is 3. The topological polar surface area (TPSA) is 78.0 Å². The second-order valence-corrected chi connectivity index (χ2v) is 5.29. The van der Waals surface area contributed by atoms with Crippen LogP contribution in [0.15, 0.2) is 6.33 Å². The smallest absolute Gasteiger partial charge is 0.138 e. The monoisotopic (exact) mass is 269 g/mol. The van der Waals surface area contributed by atoms with E-state index in [2.05, 4.69) is 36.3 Å². The van der Waals surface area contributed by atoms with E-state index in [9.17, 15) is 0 Å². The van der Waals surface area contributed by atoms with Crippen molar-refractivity contribution in [2.24, 2.45) is 11.8 Å². The summed E-state index contributed by atoms with van der Waals surface area (Å²) < 4.78 is 7.47. The SMILES string of the molecule is CCCC(OC)C(Cc1ncnn1CC(C)C)NN. The fraction of sp³-hybridized carbons (Fsp3) is 0.846. The van der Waals surface area contributed by atoms with Gasteiger partial charge in [0.2, 0.25) is 0 Å². The van der Waals surface area contributed by atoms with Crippen molar-refractivity contribution in [1.29, 1.82) is 0 Å². The molecule has 2 atom stereocenters. The van der Waals surface area contributed by atoms with Gasteiger partial charge in [-0.25, -0.2) is 9.67 Å². The second kappa shape index (κ2) is 8.24. The van der Waals surface area contributed by atoms with Gasteiger partial charge in [-0.2, -0.15) is 5.10 Å². The summed E-state index contributed by atoms with van der Waals surface area (Å²) in [6.45, 7) is 7.34. The van der Waals surface area contributed by atoms with Gasteiger partial charge in [0.1, 0.15) is 12.2 Å². The van der Waals surface area contributed by atoms with Gasteiger partial charge in [-0.1, -0.05) is 27.2 Å². The summed E-state index contributed by atoms with van der Waals surface area (Å²) in [5, 5.41) is 4.27. The van der Waals surface area contributed by atoms with E-state index in [4.69, 9.17) is 10.6 Å². The first-order valence-electron chi connectivity index (χ1n) is 6.97. The Morgan fingerprint density at radius 3 is 2.74 bits per heavy atom. The van der Waals surface area contributed by atoms with Gasteiger partial charge in [0.05, 0.1) is 12.1 Å². The third-order valence-electron chi connectivity index (χ3n) is 3.18. The van der Waals surface area contributed by atoms with Crippen LogP contribution in [0.3, 0.4) is 0 Å². The minimum Gasteiger partial charge on any atom is -0.380 e. The molecule has 6 nitrogen and oxygen atoms in total. The van der Waals surface area contributed by atoms with Crippen molar-refractivity contribution in [1.82, 2.24) is 20.2 Å². The maximum absolute atomic E-state index is 5.66. The maximum atomic E-state index is 5.66. The molecular weight excluding hydrogens is 242 g/mol. The fourth-order valence-corrected chi connectivity index (χ4v) is 2.21. The summed E-state index contributed by atoms with van der Waals surface area (Å²) in [6, 6.07) is 0.0556. The van der Waals surface area contributed by atoms with Crippen LogP contribution in [0.1, 0.15) is 39.4 Å². The van der Waals surface area contributed by atoms with Crippen LogP contribution in [0.4, 0.5) is 0 Å². The quantitative estimate of drug-likeness (QED) is 0.519. The zero-order chi connectivity index (χ0) is 14.3. The lowest BCUT2D eigenvalue weighted by Crippen LogP contribution is -2.46. The molecule has 1 aromatic heterocycles. The lowest BCUT2D eigenvalue weighted by molar-refractivity contribution is 0.0599. The third kappa shape index (κ3) is 4.89. The van der Waals surface area contributed by atoms with Crippen LogP contribution in [0.25, 0.3) is 0 Å². The van der Waals surface area contributed by atoms with E-state index < -0.39 is 0 Å². The molecule has 110 valence electrons. The van der Waals surface area contributed by atoms with Crippen LogP contribution in [0.5, 0.6) is 0 Å². The number of ether oxygens (including phenoxy) is 1. The van der Waals surface area contributed by atoms with E-state index in [1.165, 1.54) is 0 Å². The number of methoxy groups -OCH3 is 1. The molecule has 0 aliphatic heterocycles. The lowest BCUT2D eigenvalue weighted by atomic mass is 10.0. The third-order valence-corrected chi connectivity index (χ3v) is 3.18. The summed E-state index contributed by atoms with van der Waals surface area (Å²) in [6.07, 6.45) is 4.47. The molecule has 1 heterocycles. The zero-order valence-electron chi connectivity index (χ0n) is 12.5. The molecule has 3 N–H and O–H groups in total. The van der Waals surface area contributed by atoms with E-state index in [1.54, 1.807) is 13.4 Å². The molecule has 0 radical (unpaired) electrons. The van der Waals surface area contributed by atoms with Gasteiger partial charge in [0, 0.05) is 20.1 Å². The first-order chi connectivity index (χ1) is 9.12. The molecule has 0 saturated heterocycles. The van der Waals surface area contributed by atoms with E-state index in [0.29, 0.717) is 5.92 Å². The number of nitrogens with zero attached hydrogens (tertiary/aromatic N) is 3. The molecule has 1 rings (SSSR count). The van der Waals surface area contributed by atoms with Crippen molar-refractivity contribution in [2.45, 2.75) is 58.7 Å². The molecule has 0 aromatic carbocycles. The first kappa shape index (κ1) is 16.1. The highest BCUT2D eigenvalue weighted by molar-refractivity contribution is 4.92. The van der Waals surface area contributed by atoms with Crippen molar-refractivity contribution >= 4 is 0 Å². The largest absolute Gasteiger partial charge is 0.380 e. The summed E-state index contributed by atoms with van der Waals surface area (Å²) >= 11 is 0. The average molecular weight is 269 g/mol. The van der Waals surface area contributed by atoms with Crippen LogP contribution in [-0.4, -0.2) is 34.0 Å². The molecule has 2 unspecified atom stereocenters. The number of nitrogens with two attached hydrogens (primary N) is 1. The molecular formula is C13H27N5O. The highest BCUT2D eigenvalue weighted by atomic mass is 16.5. The van der Waals surface area contributed by atoms with Crippen molar-refractivity contribution < 1.29 is 4.74 Å². The Kier molecular flexibility index (Phi) is 6.97. The van der Waals surface area contributed by atoms with Crippen molar-refractivity contribution in [2.75, 3.05) is 7.11 Å². The Hall–Kier alpha value is -0.980. The summed E-state index contributed by atoms with van der Waals surface area (Å²) in [4.78, 5) is 4.33. The number of rotatable bonds is 9. The van der Waals surface area contributed by atoms with Crippen LogP contribution in [0, 0.1) is 5.92 Å². The van der Waals surface area contributed by atoms with E-state index in [0.717, 1.165) is 31.6 Å². The molecule has 0 aliphatic carbocycles. The van der Waals surface area contributed by atoms with E-state index >= 15 is 0 Å². The zero-order valence-corrected chi connectivity index (χ0v) is 12.5. The van der Waals surface area contributed by atoms with Crippen molar-refractivity contribution in [3.8, 4) is 0 Å². The Bertz CT molecular complexity index is 353. The molecule has 6 heteroatoms. The lowest BCUT2D eigenvalue weighted by Gasteiger charge is -2.25. The normalized spacial score (nSPS) is 14.8. The Morgan fingerprint density at radius 2 is 2.21 bits per heavy atom. The molecule has 0 fully saturated rings. The van der Waals surface area contributed by atoms with Crippen molar-refractivity contribution in [3.63, 3.8) is 0 Å². The summed E-state index contributed by atoms with van der Waals surface area (Å²) in [7, 11) is 1.73. The van der Waals surface area contributed by atoms with Gasteiger partial charge >= 0.3 is 0 Å². The molecule has 0 bridgehead atoms. The standard InChI is InChI=1S/C13H27N5O/c1-5-6-12(19-4)11(17-14)7-13-15-9-16-18(13)8-10(2)3/h9-12,17H,5-8,14H2,1-4H3. The van der Waals surface area contributed by atoms with Crippen LogP contribution in [-0.2, 0) is 17.7 Å². The number of hydrogen-bond donors (Lipinski definition) is 2. The van der Waals surface area contributed by atoms with Crippen LogP contribution >= 0.6 is 0 Å². The van der Waals surface area contributed by atoms with Crippen molar-refractivity contribution in [3.05, 3.63) is 12.2 Å². The molecule has 0 aliphatic rings. The van der Waals surface area contributed by atoms with Gasteiger partial charge in [0.15, 0.2) is 0 Å². The highest BCUT2D eigenvalue weighted by Crippen LogP contribution is 2.11. The molecule has 0 amide bonds. The second-order valence-electron chi connectivity index (χ2n) is 5.29. The molecule has 0 spiro atoms. The summed E-state index contributed by atoms with van der Waals surface area (Å²) in [5.74, 6) is 7.15. The van der Waals surface area contributed by atoms with Gasteiger partial charge in [-0.05, 0) is 12.3 Å². The highest BCUT2D eigenvalue weighted by Gasteiger charge is 2.22. The van der Waals surface area contributed by atoms with Gasteiger partial charge in [-0.3, -0.25) is 11.3 Å². The summed E-state index contributed by atoms with van der Waals surface area (Å²) in [5.41, 5.74) is 2.85. The Balaban J connectivity index is 2.72. The Morgan fingerprint density at radius 1 is 1.47 bits per heavy atom. The number of hydrogen-bond acceptors (Lipinski definition) is 5. The number of hydrazine groups is 1. The predicted molar refractivity (Wildman–Crippen MR) is 75.4 cm³/mol. The van der Waals surface area contributed by atoms with Gasteiger partial charge < -0.3 is 4.74 Å². The fourth-order valence-electron chi connectivity index (χ4n) is 2.21. The van der Waals surface area contributed by atoms with Crippen LogP contribution in [0.2, 0.25) is 0 Å². The number of nitrogens with one attached hydrogen (secondary N) is 1. The molecule has 0 saturated carbocycles. The maximum Gasteiger partial charge on any atom is 0.138 e. The minimum atomic E-state index is 0.0556. The van der Waals surface area contributed by atoms with Gasteiger partial charge in [0.25, 0.3) is 0 Å². The Labute approximate surface area is 115 Å². The van der Waals surface area contributed by atoms with Gasteiger partial charge in [-0.15, -0.1) is 0 Å². The van der Waals surface area contributed by atoms with E-state index in [1.807, 2.05) is 4.68 Å². The molecule has 1 aromatic rings. The van der Waals surface area contributed by atoms with Crippen LogP contribution < -0.4 is 11.3 Å².